The Balaban J connectivity index is 2.22. The molecule has 0 atom stereocenters. The number of rotatable bonds is 13. The van der Waals surface area contributed by atoms with Crippen molar-refractivity contribution in [3.8, 4) is 11.5 Å². The van der Waals surface area contributed by atoms with E-state index in [9.17, 15) is 4.79 Å². The maximum absolute atomic E-state index is 11.7. The second-order valence-corrected chi connectivity index (χ2v) is 6.18. The largest absolute Gasteiger partial charge is 0.493 e. The number of unbranched alkanes of at least 4 members (excludes halogenated alkanes) is 3. The third-order valence-electron chi connectivity index (χ3n) is 3.55. The molecule has 1 amide bonds. The normalized spacial score (nSPS) is 10.7. The molecule has 0 radical (unpaired) electrons. The number of hydrogen-bond acceptors (Lipinski definition) is 4. The van der Waals surface area contributed by atoms with Gasteiger partial charge in [0.25, 0.3) is 5.91 Å². The van der Waals surface area contributed by atoms with Crippen molar-refractivity contribution in [2.75, 3.05) is 40.4 Å². The Bertz CT molecular complexity index is 464. The SMILES string of the molecule is CCCCCCOc1cccc(OCC(=O)NCCCN(C)C)c1. The molecule has 0 fully saturated rings. The maximum Gasteiger partial charge on any atom is 0.257 e. The van der Waals surface area contributed by atoms with Gasteiger partial charge >= 0.3 is 0 Å². The molecule has 0 spiro atoms. The highest BCUT2D eigenvalue weighted by Gasteiger charge is 2.03. The van der Waals surface area contributed by atoms with Gasteiger partial charge in [0.1, 0.15) is 11.5 Å². The van der Waals surface area contributed by atoms with Crippen molar-refractivity contribution in [2.24, 2.45) is 0 Å². The summed E-state index contributed by atoms with van der Waals surface area (Å²) in [5.74, 6) is 1.35. The molecule has 1 aromatic rings. The molecule has 1 rings (SSSR count). The Kier molecular flexibility index (Phi) is 10.7. The number of carbonyl (C=O) groups excluding carboxylic acids is 1. The summed E-state index contributed by atoms with van der Waals surface area (Å²) in [6, 6.07) is 7.46. The zero-order chi connectivity index (χ0) is 17.6. The molecule has 0 aliphatic heterocycles. The number of hydrogen-bond donors (Lipinski definition) is 1. The van der Waals surface area contributed by atoms with E-state index in [1.165, 1.54) is 19.3 Å². The lowest BCUT2D eigenvalue weighted by atomic mass is 10.2. The average Bonchev–Trinajstić information content (AvgIpc) is 2.57. The topological polar surface area (TPSA) is 50.8 Å². The summed E-state index contributed by atoms with van der Waals surface area (Å²) in [6.07, 6.45) is 5.66. The van der Waals surface area contributed by atoms with Gasteiger partial charge in [-0.1, -0.05) is 32.3 Å². The molecular formula is C19H32N2O3. The molecule has 0 aromatic heterocycles. The first-order valence-corrected chi connectivity index (χ1v) is 8.89. The Hall–Kier alpha value is -1.75. The predicted octanol–water partition coefficient (Wildman–Crippen LogP) is 3.09. The second-order valence-electron chi connectivity index (χ2n) is 6.18. The minimum Gasteiger partial charge on any atom is -0.493 e. The lowest BCUT2D eigenvalue weighted by Crippen LogP contribution is -2.31. The van der Waals surface area contributed by atoms with E-state index in [0.717, 1.165) is 31.7 Å². The van der Waals surface area contributed by atoms with Crippen molar-refractivity contribution in [2.45, 2.75) is 39.0 Å². The minimum atomic E-state index is -0.0976. The van der Waals surface area contributed by atoms with E-state index in [1.807, 2.05) is 38.4 Å². The maximum atomic E-state index is 11.7. The van der Waals surface area contributed by atoms with Crippen LogP contribution in [-0.4, -0.2) is 51.2 Å². The fraction of sp³-hybridized carbons (Fsp3) is 0.632. The molecular weight excluding hydrogens is 304 g/mol. The number of amides is 1. The van der Waals surface area contributed by atoms with E-state index in [2.05, 4.69) is 17.1 Å². The molecule has 0 heterocycles. The smallest absolute Gasteiger partial charge is 0.257 e. The third kappa shape index (κ3) is 10.1. The molecule has 0 aliphatic carbocycles. The zero-order valence-corrected chi connectivity index (χ0v) is 15.3. The standard InChI is InChI=1S/C19H32N2O3/c1-4-5-6-7-14-23-17-10-8-11-18(15-17)24-16-19(22)20-12-9-13-21(2)3/h8,10-11,15H,4-7,9,12-14,16H2,1-3H3,(H,20,22). The number of nitrogens with one attached hydrogen (secondary N) is 1. The number of benzene rings is 1. The summed E-state index contributed by atoms with van der Waals surface area (Å²) in [6.45, 7) is 4.57. The summed E-state index contributed by atoms with van der Waals surface area (Å²) >= 11 is 0. The van der Waals surface area contributed by atoms with Gasteiger partial charge in [0.2, 0.25) is 0 Å². The lowest BCUT2D eigenvalue weighted by Gasteiger charge is -2.11. The molecule has 1 aromatic carbocycles. The van der Waals surface area contributed by atoms with Gasteiger partial charge in [-0.3, -0.25) is 4.79 Å². The highest BCUT2D eigenvalue weighted by Crippen LogP contribution is 2.19. The third-order valence-corrected chi connectivity index (χ3v) is 3.55. The molecule has 0 bridgehead atoms. The molecule has 0 saturated carbocycles. The van der Waals surface area contributed by atoms with Gasteiger partial charge in [-0.25, -0.2) is 0 Å². The van der Waals surface area contributed by atoms with Crippen molar-refractivity contribution in [1.29, 1.82) is 0 Å². The number of nitrogens with zero attached hydrogens (tertiary/aromatic N) is 1. The zero-order valence-electron chi connectivity index (χ0n) is 15.3. The highest BCUT2D eigenvalue weighted by atomic mass is 16.5. The van der Waals surface area contributed by atoms with Crippen molar-refractivity contribution in [1.82, 2.24) is 10.2 Å². The second kappa shape index (κ2) is 12.6. The van der Waals surface area contributed by atoms with Crippen molar-refractivity contribution < 1.29 is 14.3 Å². The molecule has 136 valence electrons. The van der Waals surface area contributed by atoms with Crippen LogP contribution in [0.1, 0.15) is 39.0 Å². The Morgan fingerprint density at radius 3 is 2.54 bits per heavy atom. The fourth-order valence-corrected chi connectivity index (χ4v) is 2.20. The first-order chi connectivity index (χ1) is 11.6. The summed E-state index contributed by atoms with van der Waals surface area (Å²) in [5, 5.41) is 2.85. The van der Waals surface area contributed by atoms with E-state index >= 15 is 0 Å². The van der Waals surface area contributed by atoms with Gasteiger partial charge in [0.15, 0.2) is 6.61 Å². The molecule has 5 nitrogen and oxygen atoms in total. The van der Waals surface area contributed by atoms with Crippen LogP contribution in [0.3, 0.4) is 0 Å². The molecule has 24 heavy (non-hydrogen) atoms. The van der Waals surface area contributed by atoms with Crippen LogP contribution in [0.2, 0.25) is 0 Å². The van der Waals surface area contributed by atoms with Crippen molar-refractivity contribution in [3.05, 3.63) is 24.3 Å². The van der Waals surface area contributed by atoms with E-state index in [-0.39, 0.29) is 12.5 Å². The van der Waals surface area contributed by atoms with Crippen molar-refractivity contribution in [3.63, 3.8) is 0 Å². The van der Waals surface area contributed by atoms with Gasteiger partial charge in [-0.2, -0.15) is 0 Å². The van der Waals surface area contributed by atoms with E-state index in [0.29, 0.717) is 12.3 Å². The molecule has 0 unspecified atom stereocenters. The van der Waals surface area contributed by atoms with Crippen LogP contribution in [-0.2, 0) is 4.79 Å². The Labute approximate surface area is 146 Å². The van der Waals surface area contributed by atoms with Crippen LogP contribution < -0.4 is 14.8 Å². The van der Waals surface area contributed by atoms with Crippen LogP contribution in [0.5, 0.6) is 11.5 Å². The van der Waals surface area contributed by atoms with Gasteiger partial charge in [-0.15, -0.1) is 0 Å². The van der Waals surface area contributed by atoms with Crippen LogP contribution in [0.25, 0.3) is 0 Å². The van der Waals surface area contributed by atoms with Gasteiger partial charge in [0, 0.05) is 12.6 Å². The van der Waals surface area contributed by atoms with Gasteiger partial charge in [-0.05, 0) is 45.6 Å². The lowest BCUT2D eigenvalue weighted by molar-refractivity contribution is -0.123. The first kappa shape index (κ1) is 20.3. The summed E-state index contributed by atoms with van der Waals surface area (Å²) in [4.78, 5) is 13.8. The number of ether oxygens (including phenoxy) is 2. The molecule has 0 aliphatic rings. The fourth-order valence-electron chi connectivity index (χ4n) is 2.20. The minimum absolute atomic E-state index is 0.0297. The predicted molar refractivity (Wildman–Crippen MR) is 97.8 cm³/mol. The monoisotopic (exact) mass is 336 g/mol. The van der Waals surface area contributed by atoms with E-state index in [4.69, 9.17) is 9.47 Å². The average molecular weight is 336 g/mol. The van der Waals surface area contributed by atoms with Crippen LogP contribution in [0.15, 0.2) is 24.3 Å². The quantitative estimate of drug-likeness (QED) is 0.562. The van der Waals surface area contributed by atoms with Gasteiger partial charge < -0.3 is 19.7 Å². The van der Waals surface area contributed by atoms with E-state index in [1.54, 1.807) is 0 Å². The first-order valence-electron chi connectivity index (χ1n) is 8.89. The van der Waals surface area contributed by atoms with Crippen LogP contribution in [0, 0.1) is 0 Å². The van der Waals surface area contributed by atoms with Gasteiger partial charge in [0.05, 0.1) is 6.61 Å². The summed E-state index contributed by atoms with van der Waals surface area (Å²) in [5.41, 5.74) is 0. The highest BCUT2D eigenvalue weighted by molar-refractivity contribution is 5.77. The molecule has 1 N–H and O–H groups in total. The molecule has 5 heteroatoms. The summed E-state index contributed by atoms with van der Waals surface area (Å²) < 4.78 is 11.2. The summed E-state index contributed by atoms with van der Waals surface area (Å²) in [7, 11) is 4.04. The Morgan fingerprint density at radius 1 is 1.08 bits per heavy atom. The Morgan fingerprint density at radius 2 is 1.83 bits per heavy atom. The molecule has 0 saturated heterocycles. The van der Waals surface area contributed by atoms with Crippen molar-refractivity contribution >= 4 is 5.91 Å². The van der Waals surface area contributed by atoms with E-state index < -0.39 is 0 Å². The number of carbonyl (C=O) groups is 1. The van der Waals surface area contributed by atoms with Crippen LogP contribution in [0.4, 0.5) is 0 Å². The van der Waals surface area contributed by atoms with Crippen LogP contribution >= 0.6 is 0 Å².